The molecule has 2 rings (SSSR count). The van der Waals surface area contributed by atoms with E-state index in [2.05, 4.69) is 5.32 Å². The molecule has 1 radical (unpaired) electrons. The molecule has 0 amide bonds. The van der Waals surface area contributed by atoms with Gasteiger partial charge in [0.05, 0.1) is 12.7 Å². The second kappa shape index (κ2) is 5.37. The van der Waals surface area contributed by atoms with Gasteiger partial charge in [0, 0.05) is 13.1 Å². The van der Waals surface area contributed by atoms with E-state index in [1.807, 2.05) is 0 Å². The van der Waals surface area contributed by atoms with Crippen molar-refractivity contribution < 1.29 is 13.5 Å². The Morgan fingerprint density at radius 3 is 2.62 bits per heavy atom. The molecule has 1 aliphatic rings. The number of halogens is 2. The monoisotopic (exact) mass is 226 g/mol. The van der Waals surface area contributed by atoms with Gasteiger partial charge in [-0.05, 0) is 30.5 Å². The maximum Gasteiger partial charge on any atom is 0.159 e. The molecule has 1 saturated heterocycles. The third-order valence-corrected chi connectivity index (χ3v) is 2.69. The average molecular weight is 226 g/mol. The number of ether oxygens (including phenoxy) is 1. The van der Waals surface area contributed by atoms with E-state index in [-0.39, 0.29) is 6.10 Å². The third kappa shape index (κ3) is 3.00. The molecule has 1 aromatic rings. The highest BCUT2D eigenvalue weighted by Crippen LogP contribution is 2.13. The van der Waals surface area contributed by atoms with Crippen molar-refractivity contribution in [3.63, 3.8) is 0 Å². The summed E-state index contributed by atoms with van der Waals surface area (Å²) in [6.07, 6.45) is 2.04. The summed E-state index contributed by atoms with van der Waals surface area (Å²) in [5.41, 5.74) is 0.668. The maximum atomic E-state index is 12.9. The summed E-state index contributed by atoms with van der Waals surface area (Å²) in [4.78, 5) is 0. The lowest BCUT2D eigenvalue weighted by Crippen LogP contribution is -2.28. The Morgan fingerprint density at radius 1 is 1.19 bits per heavy atom. The Labute approximate surface area is 93.6 Å². The lowest BCUT2D eigenvalue weighted by molar-refractivity contribution is 0.0205. The molecule has 1 aromatic carbocycles. The standard InChI is InChI=1S/C12H14F2NO/c13-11-2-1-9(7-12(11)14)8-16-10-3-5-15-6-4-10/h1-2,7,10H,3-6,8H2. The van der Waals surface area contributed by atoms with Gasteiger partial charge in [-0.25, -0.2) is 14.1 Å². The van der Waals surface area contributed by atoms with Crippen molar-refractivity contribution in [2.24, 2.45) is 0 Å². The van der Waals surface area contributed by atoms with Crippen LogP contribution in [0.2, 0.25) is 0 Å². The van der Waals surface area contributed by atoms with Gasteiger partial charge >= 0.3 is 0 Å². The molecule has 0 spiro atoms. The van der Waals surface area contributed by atoms with Crippen molar-refractivity contribution in [1.29, 1.82) is 0 Å². The van der Waals surface area contributed by atoms with Crippen LogP contribution in [0.3, 0.4) is 0 Å². The minimum absolute atomic E-state index is 0.200. The minimum atomic E-state index is -0.820. The van der Waals surface area contributed by atoms with Gasteiger partial charge < -0.3 is 4.74 Å². The lowest BCUT2D eigenvalue weighted by atomic mass is 10.1. The van der Waals surface area contributed by atoms with E-state index in [0.29, 0.717) is 12.2 Å². The summed E-state index contributed by atoms with van der Waals surface area (Å²) in [6, 6.07) is 3.86. The second-order valence-corrected chi connectivity index (χ2v) is 3.93. The van der Waals surface area contributed by atoms with Gasteiger partial charge in [0.25, 0.3) is 0 Å². The van der Waals surface area contributed by atoms with E-state index in [4.69, 9.17) is 4.74 Å². The quantitative estimate of drug-likeness (QED) is 0.775. The summed E-state index contributed by atoms with van der Waals surface area (Å²) in [5, 5.41) is 4.22. The Morgan fingerprint density at radius 2 is 1.94 bits per heavy atom. The predicted octanol–water partition coefficient (Wildman–Crippen LogP) is 2.25. The Bertz CT molecular complexity index is 351. The summed E-state index contributed by atoms with van der Waals surface area (Å²) in [7, 11) is 0. The molecular formula is C12H14F2NO. The number of hydrogen-bond donors (Lipinski definition) is 0. The summed E-state index contributed by atoms with van der Waals surface area (Å²) in [5.74, 6) is -1.64. The molecule has 1 aliphatic heterocycles. The Hall–Kier alpha value is -1.00. The normalized spacial score (nSPS) is 17.6. The average Bonchev–Trinajstić information content (AvgIpc) is 2.32. The molecule has 0 bridgehead atoms. The number of rotatable bonds is 3. The van der Waals surface area contributed by atoms with E-state index in [1.165, 1.54) is 6.07 Å². The first-order valence-electron chi connectivity index (χ1n) is 5.44. The van der Waals surface area contributed by atoms with E-state index in [0.717, 1.165) is 32.0 Å². The zero-order chi connectivity index (χ0) is 11.4. The van der Waals surface area contributed by atoms with E-state index in [9.17, 15) is 8.78 Å². The van der Waals surface area contributed by atoms with Crippen molar-refractivity contribution >= 4 is 0 Å². The predicted molar refractivity (Wildman–Crippen MR) is 56.0 cm³/mol. The van der Waals surface area contributed by atoms with Crippen molar-refractivity contribution in [3.05, 3.63) is 35.4 Å². The maximum absolute atomic E-state index is 12.9. The van der Waals surface area contributed by atoms with Gasteiger partial charge in [-0.3, -0.25) is 0 Å². The Balaban J connectivity index is 1.86. The molecule has 0 saturated carbocycles. The van der Waals surface area contributed by atoms with Crippen LogP contribution in [0.1, 0.15) is 18.4 Å². The number of hydrogen-bond acceptors (Lipinski definition) is 1. The molecule has 1 heterocycles. The summed E-state index contributed by atoms with van der Waals surface area (Å²) in [6.45, 7) is 2.01. The first-order chi connectivity index (χ1) is 7.75. The van der Waals surface area contributed by atoms with Crippen molar-refractivity contribution in [1.82, 2.24) is 5.32 Å². The van der Waals surface area contributed by atoms with Crippen LogP contribution in [-0.2, 0) is 11.3 Å². The molecule has 1 fully saturated rings. The summed E-state index contributed by atoms with van der Waals surface area (Å²) >= 11 is 0. The highest BCUT2D eigenvalue weighted by molar-refractivity contribution is 5.16. The zero-order valence-electron chi connectivity index (χ0n) is 8.96. The second-order valence-electron chi connectivity index (χ2n) is 3.93. The number of piperidine rings is 1. The van der Waals surface area contributed by atoms with Gasteiger partial charge in [-0.1, -0.05) is 6.07 Å². The van der Waals surface area contributed by atoms with Gasteiger partial charge in [0.2, 0.25) is 0 Å². The molecule has 87 valence electrons. The smallest absolute Gasteiger partial charge is 0.159 e. The molecular weight excluding hydrogens is 212 g/mol. The first-order valence-corrected chi connectivity index (χ1v) is 5.44. The molecule has 0 aromatic heterocycles. The largest absolute Gasteiger partial charge is 0.373 e. The van der Waals surface area contributed by atoms with Crippen molar-refractivity contribution in [2.75, 3.05) is 13.1 Å². The Kier molecular flexibility index (Phi) is 3.85. The minimum Gasteiger partial charge on any atom is -0.373 e. The van der Waals surface area contributed by atoms with Crippen LogP contribution >= 0.6 is 0 Å². The van der Waals surface area contributed by atoms with Crippen LogP contribution in [-0.4, -0.2) is 19.2 Å². The fourth-order valence-corrected chi connectivity index (χ4v) is 1.74. The number of nitrogens with zero attached hydrogens (tertiary/aromatic N) is 1. The molecule has 2 nitrogen and oxygen atoms in total. The molecule has 0 unspecified atom stereocenters. The molecule has 16 heavy (non-hydrogen) atoms. The topological polar surface area (TPSA) is 23.3 Å². The van der Waals surface area contributed by atoms with Gasteiger partial charge in [0.15, 0.2) is 11.6 Å². The zero-order valence-corrected chi connectivity index (χ0v) is 8.96. The highest BCUT2D eigenvalue weighted by Gasteiger charge is 2.14. The fraction of sp³-hybridized carbons (Fsp3) is 0.500. The summed E-state index contributed by atoms with van der Waals surface area (Å²) < 4.78 is 31.2. The van der Waals surface area contributed by atoms with E-state index >= 15 is 0 Å². The van der Waals surface area contributed by atoms with Crippen LogP contribution in [0.15, 0.2) is 18.2 Å². The van der Waals surface area contributed by atoms with Crippen LogP contribution in [0.25, 0.3) is 0 Å². The highest BCUT2D eigenvalue weighted by atomic mass is 19.2. The molecule has 0 N–H and O–H groups in total. The van der Waals surface area contributed by atoms with Crippen LogP contribution < -0.4 is 5.32 Å². The van der Waals surface area contributed by atoms with Gasteiger partial charge in [-0.15, -0.1) is 0 Å². The molecule has 0 atom stereocenters. The molecule has 4 heteroatoms. The van der Waals surface area contributed by atoms with Crippen molar-refractivity contribution in [3.8, 4) is 0 Å². The van der Waals surface area contributed by atoms with E-state index in [1.54, 1.807) is 6.07 Å². The van der Waals surface area contributed by atoms with Crippen LogP contribution in [0.5, 0.6) is 0 Å². The van der Waals surface area contributed by atoms with Gasteiger partial charge in [0.1, 0.15) is 0 Å². The third-order valence-electron chi connectivity index (χ3n) is 2.69. The van der Waals surface area contributed by atoms with Crippen LogP contribution in [0.4, 0.5) is 8.78 Å². The molecule has 0 aliphatic carbocycles. The van der Waals surface area contributed by atoms with E-state index < -0.39 is 11.6 Å². The fourth-order valence-electron chi connectivity index (χ4n) is 1.74. The number of benzene rings is 1. The van der Waals surface area contributed by atoms with Crippen LogP contribution in [0, 0.1) is 11.6 Å². The SMILES string of the molecule is Fc1ccc(COC2CC[N]CC2)cc1F. The lowest BCUT2D eigenvalue weighted by Gasteiger charge is -2.21. The van der Waals surface area contributed by atoms with Gasteiger partial charge in [-0.2, -0.15) is 0 Å². The first kappa shape index (κ1) is 11.5. The van der Waals surface area contributed by atoms with Crippen molar-refractivity contribution in [2.45, 2.75) is 25.6 Å².